The maximum Gasteiger partial charge on any atom is 0.346 e. The van der Waals surface area contributed by atoms with Gasteiger partial charge in [0.05, 0.1) is 12.0 Å². The van der Waals surface area contributed by atoms with Crippen LogP contribution in [0.1, 0.15) is 22.8 Å². The van der Waals surface area contributed by atoms with Crippen molar-refractivity contribution in [3.63, 3.8) is 0 Å². The van der Waals surface area contributed by atoms with E-state index in [9.17, 15) is 14.4 Å². The van der Waals surface area contributed by atoms with Gasteiger partial charge in [0.15, 0.2) is 0 Å². The van der Waals surface area contributed by atoms with Crippen molar-refractivity contribution in [3.05, 3.63) is 29.3 Å². The van der Waals surface area contributed by atoms with Crippen LogP contribution in [0.2, 0.25) is 0 Å². The van der Waals surface area contributed by atoms with Crippen LogP contribution >= 0.6 is 0 Å². The van der Waals surface area contributed by atoms with Gasteiger partial charge in [-0.15, -0.1) is 0 Å². The normalized spacial score (nSPS) is 14.1. The quantitative estimate of drug-likeness (QED) is 0.398. The summed E-state index contributed by atoms with van der Waals surface area (Å²) in [6.07, 6.45) is 0.0101. The van der Waals surface area contributed by atoms with Crippen molar-refractivity contribution in [2.45, 2.75) is 13.3 Å². The number of carbonyl (C=O) groups excluding carboxylic acids is 3. The van der Waals surface area contributed by atoms with E-state index < -0.39 is 17.9 Å². The molecular formula is C11H8O5. The maximum absolute atomic E-state index is 11.3. The molecule has 1 heterocycles. The lowest BCUT2D eigenvalue weighted by Crippen LogP contribution is -2.22. The van der Waals surface area contributed by atoms with Gasteiger partial charge in [-0.3, -0.25) is 9.59 Å². The van der Waals surface area contributed by atoms with Crippen molar-refractivity contribution in [3.8, 4) is 5.75 Å². The van der Waals surface area contributed by atoms with Crippen molar-refractivity contribution >= 4 is 17.9 Å². The first-order chi connectivity index (χ1) is 7.56. The number of hydrogen-bond donors (Lipinski definition) is 0. The van der Waals surface area contributed by atoms with Gasteiger partial charge in [-0.05, 0) is 23.8 Å². The lowest BCUT2D eigenvalue weighted by molar-refractivity contribution is -0.137. The fourth-order valence-electron chi connectivity index (χ4n) is 1.49. The number of esters is 3. The molecule has 0 aromatic heterocycles. The molecule has 0 saturated carbocycles. The summed E-state index contributed by atoms with van der Waals surface area (Å²) >= 11 is 0. The Morgan fingerprint density at radius 2 is 2.12 bits per heavy atom. The van der Waals surface area contributed by atoms with Gasteiger partial charge in [-0.2, -0.15) is 0 Å². The first kappa shape index (κ1) is 10.4. The highest BCUT2D eigenvalue weighted by Gasteiger charge is 2.24. The topological polar surface area (TPSA) is 69.7 Å². The van der Waals surface area contributed by atoms with Crippen LogP contribution in [0.15, 0.2) is 18.2 Å². The van der Waals surface area contributed by atoms with Crippen LogP contribution in [0.4, 0.5) is 0 Å². The van der Waals surface area contributed by atoms with Gasteiger partial charge in [0.25, 0.3) is 0 Å². The summed E-state index contributed by atoms with van der Waals surface area (Å²) in [5.41, 5.74) is 0.843. The number of hydrogen-bond acceptors (Lipinski definition) is 5. The van der Waals surface area contributed by atoms with Crippen LogP contribution in [-0.2, 0) is 20.7 Å². The molecule has 0 atom stereocenters. The van der Waals surface area contributed by atoms with Gasteiger partial charge in [-0.1, -0.05) is 0 Å². The van der Waals surface area contributed by atoms with Gasteiger partial charge in [0, 0.05) is 6.92 Å². The van der Waals surface area contributed by atoms with E-state index in [-0.39, 0.29) is 6.42 Å². The molecule has 5 heteroatoms. The zero-order valence-electron chi connectivity index (χ0n) is 8.48. The van der Waals surface area contributed by atoms with Gasteiger partial charge in [0.1, 0.15) is 5.75 Å². The zero-order valence-corrected chi connectivity index (χ0v) is 8.48. The van der Waals surface area contributed by atoms with Crippen LogP contribution in [0.5, 0.6) is 5.75 Å². The number of benzene rings is 1. The van der Waals surface area contributed by atoms with E-state index in [2.05, 4.69) is 4.74 Å². The van der Waals surface area contributed by atoms with Crippen molar-refractivity contribution in [2.24, 2.45) is 0 Å². The maximum atomic E-state index is 11.3. The fourth-order valence-corrected chi connectivity index (χ4v) is 1.49. The number of ether oxygens (including phenoxy) is 2. The zero-order chi connectivity index (χ0) is 11.7. The Hall–Kier alpha value is -2.17. The SMILES string of the molecule is CC(=O)Oc1ccc2c(c1)CC(=O)OC2=O. The number of cyclic esters (lactones) is 2. The molecule has 16 heavy (non-hydrogen) atoms. The Kier molecular flexibility index (Phi) is 2.44. The minimum absolute atomic E-state index is 0.0101. The molecule has 0 aliphatic carbocycles. The Morgan fingerprint density at radius 3 is 2.81 bits per heavy atom. The molecule has 0 fully saturated rings. The van der Waals surface area contributed by atoms with E-state index in [1.165, 1.54) is 25.1 Å². The third-order valence-corrected chi connectivity index (χ3v) is 2.10. The van der Waals surface area contributed by atoms with Gasteiger partial charge in [0.2, 0.25) is 0 Å². The highest BCUT2D eigenvalue weighted by atomic mass is 16.6. The molecular weight excluding hydrogens is 212 g/mol. The second kappa shape index (κ2) is 3.77. The second-order valence-electron chi connectivity index (χ2n) is 3.35. The summed E-state index contributed by atoms with van der Waals surface area (Å²) in [6, 6.07) is 4.45. The standard InChI is InChI=1S/C11H8O5/c1-6(12)15-8-2-3-9-7(4-8)5-10(13)16-11(9)14/h2-4H,5H2,1H3. The molecule has 1 aromatic rings. The monoisotopic (exact) mass is 220 g/mol. The van der Waals surface area contributed by atoms with E-state index in [0.29, 0.717) is 16.9 Å². The Bertz CT molecular complexity index is 489. The van der Waals surface area contributed by atoms with Crippen molar-refractivity contribution < 1.29 is 23.9 Å². The third-order valence-electron chi connectivity index (χ3n) is 2.10. The first-order valence-corrected chi connectivity index (χ1v) is 4.62. The molecule has 0 spiro atoms. The number of rotatable bonds is 1. The summed E-state index contributed by atoms with van der Waals surface area (Å²) < 4.78 is 9.30. The predicted octanol–water partition coefficient (Wildman–Crippen LogP) is 0.851. The molecule has 0 unspecified atom stereocenters. The number of carbonyl (C=O) groups is 3. The van der Waals surface area contributed by atoms with E-state index >= 15 is 0 Å². The molecule has 0 saturated heterocycles. The summed E-state index contributed by atoms with van der Waals surface area (Å²) in [7, 11) is 0. The summed E-state index contributed by atoms with van der Waals surface area (Å²) in [5.74, 6) is -1.41. The van der Waals surface area contributed by atoms with Crippen molar-refractivity contribution in [2.75, 3.05) is 0 Å². The average molecular weight is 220 g/mol. The minimum Gasteiger partial charge on any atom is -0.427 e. The molecule has 5 nitrogen and oxygen atoms in total. The van der Waals surface area contributed by atoms with Gasteiger partial charge < -0.3 is 9.47 Å². The van der Waals surface area contributed by atoms with Crippen molar-refractivity contribution in [1.82, 2.24) is 0 Å². The lowest BCUT2D eigenvalue weighted by Gasteiger charge is -2.14. The molecule has 0 N–H and O–H groups in total. The van der Waals surface area contributed by atoms with Crippen molar-refractivity contribution in [1.29, 1.82) is 0 Å². The summed E-state index contributed by atoms with van der Waals surface area (Å²) in [6.45, 7) is 1.28. The van der Waals surface area contributed by atoms with E-state index in [1.807, 2.05) is 0 Å². The minimum atomic E-state index is -0.666. The summed E-state index contributed by atoms with van der Waals surface area (Å²) in [4.78, 5) is 33.0. The highest BCUT2D eigenvalue weighted by Crippen LogP contribution is 2.23. The molecule has 1 aliphatic heterocycles. The number of fused-ring (bicyclic) bond motifs is 1. The molecule has 1 aromatic carbocycles. The Balaban J connectivity index is 2.38. The highest BCUT2D eigenvalue weighted by molar-refractivity contribution is 6.02. The fraction of sp³-hybridized carbons (Fsp3) is 0.182. The largest absolute Gasteiger partial charge is 0.427 e. The van der Waals surface area contributed by atoms with Crippen LogP contribution < -0.4 is 4.74 Å². The Morgan fingerprint density at radius 1 is 1.38 bits per heavy atom. The van der Waals surface area contributed by atoms with Crippen LogP contribution in [-0.4, -0.2) is 17.9 Å². The third kappa shape index (κ3) is 1.93. The lowest BCUT2D eigenvalue weighted by atomic mass is 10.0. The predicted molar refractivity (Wildman–Crippen MR) is 51.9 cm³/mol. The van der Waals surface area contributed by atoms with Crippen LogP contribution in [0.25, 0.3) is 0 Å². The summed E-state index contributed by atoms with van der Waals surface area (Å²) in [5, 5.41) is 0. The van der Waals surface area contributed by atoms with Crippen LogP contribution in [0.3, 0.4) is 0 Å². The molecule has 1 aliphatic rings. The smallest absolute Gasteiger partial charge is 0.346 e. The molecule has 0 radical (unpaired) electrons. The van der Waals surface area contributed by atoms with Crippen LogP contribution in [0, 0.1) is 0 Å². The first-order valence-electron chi connectivity index (χ1n) is 4.62. The van der Waals surface area contributed by atoms with E-state index in [4.69, 9.17) is 4.74 Å². The van der Waals surface area contributed by atoms with Gasteiger partial charge in [-0.25, -0.2) is 4.79 Å². The van der Waals surface area contributed by atoms with E-state index in [1.54, 1.807) is 0 Å². The molecule has 82 valence electrons. The molecule has 0 amide bonds. The Labute approximate surface area is 91.0 Å². The molecule has 0 bridgehead atoms. The van der Waals surface area contributed by atoms with E-state index in [0.717, 1.165) is 0 Å². The second-order valence-corrected chi connectivity index (χ2v) is 3.35. The average Bonchev–Trinajstić information content (AvgIpc) is 2.15. The van der Waals surface area contributed by atoms with Gasteiger partial charge >= 0.3 is 17.9 Å². The molecule has 2 rings (SSSR count).